The Labute approximate surface area is 131 Å². The number of benzene rings is 1. The normalized spacial score (nSPS) is 17.7. The quantitative estimate of drug-likeness (QED) is 0.833. The maximum atomic E-state index is 12.4. The van der Waals surface area contributed by atoms with E-state index in [9.17, 15) is 4.79 Å². The molecule has 1 amide bonds. The predicted octanol–water partition coefficient (Wildman–Crippen LogP) is 2.34. The Bertz CT molecular complexity index is 659. The molecular formula is C18H25N3O. The molecule has 4 heteroatoms. The van der Waals surface area contributed by atoms with Gasteiger partial charge in [-0.15, -0.1) is 0 Å². The fourth-order valence-electron chi connectivity index (χ4n) is 3.34. The van der Waals surface area contributed by atoms with E-state index in [1.807, 2.05) is 0 Å². The Kier molecular flexibility index (Phi) is 4.48. The summed E-state index contributed by atoms with van der Waals surface area (Å²) in [5.41, 5.74) is 3.85. The van der Waals surface area contributed by atoms with E-state index in [4.69, 9.17) is 0 Å². The fourth-order valence-corrected chi connectivity index (χ4v) is 3.34. The van der Waals surface area contributed by atoms with Crippen LogP contribution >= 0.6 is 0 Å². The number of H-pyrrole nitrogens is 1. The second-order valence-corrected chi connectivity index (χ2v) is 6.52. The van der Waals surface area contributed by atoms with Crippen LogP contribution in [0.25, 0.3) is 10.9 Å². The van der Waals surface area contributed by atoms with Crippen molar-refractivity contribution in [2.45, 2.75) is 25.7 Å². The van der Waals surface area contributed by atoms with Crippen molar-refractivity contribution >= 4 is 16.8 Å². The van der Waals surface area contributed by atoms with Crippen LogP contribution in [-0.2, 0) is 17.6 Å². The number of nitrogens with one attached hydrogen (secondary N) is 2. The monoisotopic (exact) mass is 299 g/mol. The maximum absolute atomic E-state index is 12.4. The summed E-state index contributed by atoms with van der Waals surface area (Å²) in [6, 6.07) is 8.40. The van der Waals surface area contributed by atoms with Crippen molar-refractivity contribution in [3.05, 3.63) is 35.5 Å². The minimum atomic E-state index is 0.117. The van der Waals surface area contributed by atoms with Gasteiger partial charge in [-0.2, -0.15) is 0 Å². The number of fused-ring (bicyclic) bond motifs is 3. The van der Waals surface area contributed by atoms with Crippen LogP contribution < -0.4 is 5.32 Å². The number of hydrogen-bond donors (Lipinski definition) is 2. The SMILES string of the molecule is CN(C)CCCNC(=O)C1CCc2[nH]c3ccccc3c2C1. The van der Waals surface area contributed by atoms with Crippen LogP contribution in [0, 0.1) is 5.92 Å². The molecule has 4 nitrogen and oxygen atoms in total. The third kappa shape index (κ3) is 3.17. The summed E-state index contributed by atoms with van der Waals surface area (Å²) in [5, 5.41) is 4.38. The van der Waals surface area contributed by atoms with Crippen LogP contribution in [-0.4, -0.2) is 43.0 Å². The first-order valence-corrected chi connectivity index (χ1v) is 8.16. The molecule has 1 atom stereocenters. The summed E-state index contributed by atoms with van der Waals surface area (Å²) >= 11 is 0. The lowest BCUT2D eigenvalue weighted by Gasteiger charge is -2.22. The first-order chi connectivity index (χ1) is 10.6. The van der Waals surface area contributed by atoms with Gasteiger partial charge < -0.3 is 15.2 Å². The molecule has 0 saturated carbocycles. The number of aromatic nitrogens is 1. The van der Waals surface area contributed by atoms with Gasteiger partial charge in [0.25, 0.3) is 0 Å². The van der Waals surface area contributed by atoms with Gasteiger partial charge in [-0.1, -0.05) is 18.2 Å². The van der Waals surface area contributed by atoms with Crippen LogP contribution in [0.4, 0.5) is 0 Å². The van der Waals surface area contributed by atoms with Gasteiger partial charge in [-0.05, 0) is 58.0 Å². The average Bonchev–Trinajstić information content (AvgIpc) is 2.89. The van der Waals surface area contributed by atoms with Gasteiger partial charge >= 0.3 is 0 Å². The largest absolute Gasteiger partial charge is 0.358 e. The third-order valence-electron chi connectivity index (χ3n) is 4.55. The molecule has 0 saturated heterocycles. The molecule has 1 aromatic carbocycles. The van der Waals surface area contributed by atoms with E-state index in [1.165, 1.54) is 22.2 Å². The molecule has 3 rings (SSSR count). The van der Waals surface area contributed by atoms with Crippen molar-refractivity contribution in [3.8, 4) is 0 Å². The van der Waals surface area contributed by atoms with E-state index in [0.717, 1.165) is 38.8 Å². The fraction of sp³-hybridized carbons (Fsp3) is 0.500. The van der Waals surface area contributed by atoms with Crippen LogP contribution in [0.3, 0.4) is 0 Å². The Hall–Kier alpha value is -1.81. The zero-order chi connectivity index (χ0) is 15.5. The molecule has 118 valence electrons. The molecule has 1 aliphatic carbocycles. The Balaban J connectivity index is 1.62. The lowest BCUT2D eigenvalue weighted by Crippen LogP contribution is -2.35. The summed E-state index contributed by atoms with van der Waals surface area (Å²) in [6.07, 6.45) is 3.78. The number of rotatable bonds is 5. The van der Waals surface area contributed by atoms with Gasteiger partial charge in [0.15, 0.2) is 0 Å². The molecule has 1 unspecified atom stereocenters. The van der Waals surface area contributed by atoms with E-state index in [1.54, 1.807) is 0 Å². The molecule has 1 aromatic heterocycles. The van der Waals surface area contributed by atoms with Gasteiger partial charge in [-0.3, -0.25) is 4.79 Å². The van der Waals surface area contributed by atoms with Crippen LogP contribution in [0.15, 0.2) is 24.3 Å². The minimum Gasteiger partial charge on any atom is -0.358 e. The zero-order valence-corrected chi connectivity index (χ0v) is 13.5. The topological polar surface area (TPSA) is 48.1 Å². The molecule has 0 fully saturated rings. The number of aryl methyl sites for hydroxylation is 1. The van der Waals surface area contributed by atoms with Crippen molar-refractivity contribution in [2.75, 3.05) is 27.2 Å². The second kappa shape index (κ2) is 6.53. The van der Waals surface area contributed by atoms with Crippen molar-refractivity contribution < 1.29 is 4.79 Å². The number of carbonyl (C=O) groups excluding carboxylic acids is 1. The smallest absolute Gasteiger partial charge is 0.223 e. The van der Waals surface area contributed by atoms with E-state index in [-0.39, 0.29) is 11.8 Å². The van der Waals surface area contributed by atoms with E-state index >= 15 is 0 Å². The molecule has 1 aliphatic rings. The van der Waals surface area contributed by atoms with Crippen LogP contribution in [0.2, 0.25) is 0 Å². The molecule has 2 aromatic rings. The summed E-state index contributed by atoms with van der Waals surface area (Å²) in [6.45, 7) is 1.78. The van der Waals surface area contributed by atoms with Crippen LogP contribution in [0.5, 0.6) is 0 Å². The standard InChI is InChI=1S/C18H25N3O/c1-21(2)11-5-10-19-18(22)13-8-9-17-15(12-13)14-6-3-4-7-16(14)20-17/h3-4,6-7,13,20H,5,8-12H2,1-2H3,(H,19,22). The number of hydrogen-bond acceptors (Lipinski definition) is 2. The van der Waals surface area contributed by atoms with Crippen molar-refractivity contribution in [1.82, 2.24) is 15.2 Å². The van der Waals surface area contributed by atoms with E-state index in [0.29, 0.717) is 0 Å². The second-order valence-electron chi connectivity index (χ2n) is 6.52. The highest BCUT2D eigenvalue weighted by Crippen LogP contribution is 2.31. The van der Waals surface area contributed by atoms with Crippen molar-refractivity contribution in [1.29, 1.82) is 0 Å². The van der Waals surface area contributed by atoms with Gasteiger partial charge in [0.05, 0.1) is 0 Å². The number of aromatic amines is 1. The molecule has 0 aliphatic heterocycles. The first-order valence-electron chi connectivity index (χ1n) is 8.16. The molecule has 1 heterocycles. The van der Waals surface area contributed by atoms with Gasteiger partial charge in [0, 0.05) is 29.1 Å². The summed E-state index contributed by atoms with van der Waals surface area (Å²) in [5.74, 6) is 0.334. The van der Waals surface area contributed by atoms with Crippen molar-refractivity contribution in [2.24, 2.45) is 5.92 Å². The first kappa shape index (κ1) is 15.1. The molecule has 2 N–H and O–H groups in total. The lowest BCUT2D eigenvalue weighted by molar-refractivity contribution is -0.125. The molecular weight excluding hydrogens is 274 g/mol. The Morgan fingerprint density at radius 2 is 2.18 bits per heavy atom. The highest BCUT2D eigenvalue weighted by molar-refractivity contribution is 5.86. The highest BCUT2D eigenvalue weighted by atomic mass is 16.1. The van der Waals surface area contributed by atoms with Gasteiger partial charge in [-0.25, -0.2) is 0 Å². The van der Waals surface area contributed by atoms with Crippen molar-refractivity contribution in [3.63, 3.8) is 0 Å². The zero-order valence-electron chi connectivity index (χ0n) is 13.5. The average molecular weight is 299 g/mol. The molecule has 0 spiro atoms. The minimum absolute atomic E-state index is 0.117. The summed E-state index contributed by atoms with van der Waals surface area (Å²) in [4.78, 5) is 18.0. The van der Waals surface area contributed by atoms with E-state index in [2.05, 4.69) is 53.6 Å². The van der Waals surface area contributed by atoms with Gasteiger partial charge in [0.1, 0.15) is 0 Å². The molecule has 0 radical (unpaired) electrons. The predicted molar refractivity (Wildman–Crippen MR) is 90.0 cm³/mol. The summed E-state index contributed by atoms with van der Waals surface area (Å²) in [7, 11) is 4.11. The summed E-state index contributed by atoms with van der Waals surface area (Å²) < 4.78 is 0. The lowest BCUT2D eigenvalue weighted by atomic mass is 9.86. The highest BCUT2D eigenvalue weighted by Gasteiger charge is 2.26. The number of para-hydroxylation sites is 1. The van der Waals surface area contributed by atoms with Crippen LogP contribution in [0.1, 0.15) is 24.1 Å². The number of carbonyl (C=O) groups is 1. The Morgan fingerprint density at radius 1 is 1.36 bits per heavy atom. The number of amides is 1. The van der Waals surface area contributed by atoms with E-state index < -0.39 is 0 Å². The van der Waals surface area contributed by atoms with Gasteiger partial charge in [0.2, 0.25) is 5.91 Å². The third-order valence-corrected chi connectivity index (χ3v) is 4.55. The molecule has 0 bridgehead atoms. The Morgan fingerprint density at radius 3 is 3.00 bits per heavy atom. The molecule has 22 heavy (non-hydrogen) atoms. The maximum Gasteiger partial charge on any atom is 0.223 e. The number of nitrogens with zero attached hydrogens (tertiary/aromatic N) is 1.